The fourth-order valence-corrected chi connectivity index (χ4v) is 1.56. The van der Waals surface area contributed by atoms with Crippen LogP contribution in [0.25, 0.3) is 0 Å². The van der Waals surface area contributed by atoms with Gasteiger partial charge in [0.15, 0.2) is 0 Å². The Morgan fingerprint density at radius 2 is 2.33 bits per heavy atom. The van der Waals surface area contributed by atoms with Crippen molar-refractivity contribution in [3.8, 4) is 0 Å². The molecule has 94 valence electrons. The first-order valence-electron chi connectivity index (χ1n) is 5.53. The number of furan rings is 1. The van der Waals surface area contributed by atoms with Crippen molar-refractivity contribution in [1.29, 1.82) is 0 Å². The van der Waals surface area contributed by atoms with Crippen LogP contribution in [-0.2, 0) is 6.54 Å². The van der Waals surface area contributed by atoms with E-state index in [0.717, 1.165) is 5.56 Å². The fourth-order valence-electron chi connectivity index (χ4n) is 1.56. The normalized spacial score (nSPS) is 12.3. The molecular formula is C12H13N3O3. The molecule has 0 bridgehead atoms. The van der Waals surface area contributed by atoms with Crippen LogP contribution in [0.3, 0.4) is 0 Å². The lowest BCUT2D eigenvalue weighted by molar-refractivity contribution is -0.402. The van der Waals surface area contributed by atoms with Gasteiger partial charge in [0.1, 0.15) is 10.7 Å². The van der Waals surface area contributed by atoms with Crippen LogP contribution in [0.1, 0.15) is 24.3 Å². The molecule has 0 aliphatic carbocycles. The van der Waals surface area contributed by atoms with Crippen molar-refractivity contribution in [2.24, 2.45) is 0 Å². The van der Waals surface area contributed by atoms with Crippen LogP contribution in [0.5, 0.6) is 0 Å². The molecule has 0 radical (unpaired) electrons. The molecule has 0 saturated carbocycles. The summed E-state index contributed by atoms with van der Waals surface area (Å²) in [5, 5.41) is 13.7. The summed E-state index contributed by atoms with van der Waals surface area (Å²) in [7, 11) is 0. The molecule has 0 spiro atoms. The van der Waals surface area contributed by atoms with Crippen LogP contribution in [0, 0.1) is 10.1 Å². The van der Waals surface area contributed by atoms with Gasteiger partial charge in [-0.3, -0.25) is 15.1 Å². The number of pyridine rings is 1. The van der Waals surface area contributed by atoms with Crippen molar-refractivity contribution in [3.05, 3.63) is 58.1 Å². The zero-order valence-electron chi connectivity index (χ0n) is 9.87. The van der Waals surface area contributed by atoms with Crippen molar-refractivity contribution in [3.63, 3.8) is 0 Å². The van der Waals surface area contributed by atoms with Gasteiger partial charge in [0.05, 0.1) is 12.6 Å². The van der Waals surface area contributed by atoms with E-state index in [0.29, 0.717) is 12.3 Å². The molecule has 6 heteroatoms. The first kappa shape index (κ1) is 12.3. The smallest absolute Gasteiger partial charge is 0.404 e. The van der Waals surface area contributed by atoms with Crippen molar-refractivity contribution in [1.82, 2.24) is 10.3 Å². The molecule has 0 aliphatic heterocycles. The third-order valence-electron chi connectivity index (χ3n) is 2.59. The topological polar surface area (TPSA) is 81.2 Å². The Labute approximate surface area is 104 Å². The van der Waals surface area contributed by atoms with Crippen molar-refractivity contribution < 1.29 is 9.34 Å². The van der Waals surface area contributed by atoms with Gasteiger partial charge in [-0.05, 0) is 24.6 Å². The van der Waals surface area contributed by atoms with Gasteiger partial charge in [-0.25, -0.2) is 0 Å². The third kappa shape index (κ3) is 2.92. The Bertz CT molecular complexity index is 524. The molecule has 0 saturated heterocycles. The second-order valence-corrected chi connectivity index (χ2v) is 3.89. The van der Waals surface area contributed by atoms with Crippen molar-refractivity contribution in [2.45, 2.75) is 19.5 Å². The number of nitrogens with zero attached hydrogens (tertiary/aromatic N) is 2. The summed E-state index contributed by atoms with van der Waals surface area (Å²) in [4.78, 5) is 13.9. The highest BCUT2D eigenvalue weighted by Gasteiger charge is 2.12. The minimum absolute atomic E-state index is 0.0999. The third-order valence-corrected chi connectivity index (χ3v) is 2.59. The summed E-state index contributed by atoms with van der Waals surface area (Å²) in [5.41, 5.74) is 1.05. The second-order valence-electron chi connectivity index (χ2n) is 3.89. The SMILES string of the molecule is CC(NCc1ccc([N+](=O)[O-])o1)c1cccnc1. The van der Waals surface area contributed by atoms with Crippen LogP contribution in [0.4, 0.5) is 5.88 Å². The Kier molecular flexibility index (Phi) is 3.69. The summed E-state index contributed by atoms with van der Waals surface area (Å²) in [6.45, 7) is 2.43. The lowest BCUT2D eigenvalue weighted by Crippen LogP contribution is -2.17. The van der Waals surface area contributed by atoms with Crippen molar-refractivity contribution in [2.75, 3.05) is 0 Å². The first-order chi connectivity index (χ1) is 8.66. The van der Waals surface area contributed by atoms with E-state index in [1.165, 1.54) is 6.07 Å². The molecule has 2 rings (SSSR count). The van der Waals surface area contributed by atoms with E-state index < -0.39 is 4.92 Å². The van der Waals surface area contributed by atoms with E-state index in [4.69, 9.17) is 4.42 Å². The average molecular weight is 247 g/mol. The standard InChI is InChI=1S/C12H13N3O3/c1-9(10-3-2-6-13-7-10)14-8-11-4-5-12(18-11)15(16)17/h2-7,9,14H,8H2,1H3. The van der Waals surface area contributed by atoms with E-state index in [9.17, 15) is 10.1 Å². The highest BCUT2D eigenvalue weighted by molar-refractivity contribution is 5.18. The maximum Gasteiger partial charge on any atom is 0.433 e. The molecule has 1 N–H and O–H groups in total. The summed E-state index contributed by atoms with van der Waals surface area (Å²) in [5.74, 6) is 0.304. The highest BCUT2D eigenvalue weighted by atomic mass is 16.6. The van der Waals surface area contributed by atoms with E-state index in [2.05, 4.69) is 10.3 Å². The van der Waals surface area contributed by atoms with Gasteiger partial charge in [0.25, 0.3) is 0 Å². The highest BCUT2D eigenvalue weighted by Crippen LogP contribution is 2.17. The monoisotopic (exact) mass is 247 g/mol. The van der Waals surface area contributed by atoms with Crippen LogP contribution in [0.15, 0.2) is 41.1 Å². The van der Waals surface area contributed by atoms with Crippen molar-refractivity contribution >= 4 is 5.88 Å². The molecule has 1 atom stereocenters. The summed E-state index contributed by atoms with van der Waals surface area (Å²) in [6, 6.07) is 6.88. The zero-order valence-corrected chi connectivity index (χ0v) is 9.87. The number of hydrogen-bond donors (Lipinski definition) is 1. The van der Waals surface area contributed by atoms with Gasteiger partial charge in [0, 0.05) is 18.4 Å². The molecule has 0 aromatic carbocycles. The lowest BCUT2D eigenvalue weighted by Gasteiger charge is -2.12. The number of nitrogens with one attached hydrogen (secondary N) is 1. The van der Waals surface area contributed by atoms with Crippen LogP contribution in [0.2, 0.25) is 0 Å². The lowest BCUT2D eigenvalue weighted by atomic mass is 10.1. The van der Waals surface area contributed by atoms with E-state index in [-0.39, 0.29) is 11.9 Å². The molecule has 0 aliphatic rings. The molecule has 1 unspecified atom stereocenters. The molecule has 6 nitrogen and oxygen atoms in total. The number of aromatic nitrogens is 1. The van der Waals surface area contributed by atoms with E-state index in [1.807, 2.05) is 19.1 Å². The maximum atomic E-state index is 10.5. The predicted molar refractivity (Wildman–Crippen MR) is 64.9 cm³/mol. The number of hydrogen-bond acceptors (Lipinski definition) is 5. The van der Waals surface area contributed by atoms with Gasteiger partial charge in [0.2, 0.25) is 0 Å². The zero-order chi connectivity index (χ0) is 13.0. The predicted octanol–water partition coefficient (Wildman–Crippen LogP) is 2.43. The number of nitro groups is 1. The largest absolute Gasteiger partial charge is 0.433 e. The van der Waals surface area contributed by atoms with Crippen LogP contribution < -0.4 is 5.32 Å². The first-order valence-corrected chi connectivity index (χ1v) is 5.53. The van der Waals surface area contributed by atoms with Gasteiger partial charge < -0.3 is 9.73 Å². The summed E-state index contributed by atoms with van der Waals surface area (Å²) >= 11 is 0. The average Bonchev–Trinajstić information content (AvgIpc) is 2.86. The molecule has 2 aromatic rings. The molecule has 18 heavy (non-hydrogen) atoms. The maximum absolute atomic E-state index is 10.5. The molecule has 0 fully saturated rings. The molecule has 2 heterocycles. The quantitative estimate of drug-likeness (QED) is 0.648. The second kappa shape index (κ2) is 5.42. The van der Waals surface area contributed by atoms with Crippen LogP contribution in [-0.4, -0.2) is 9.91 Å². The Morgan fingerprint density at radius 1 is 1.50 bits per heavy atom. The summed E-state index contributed by atoms with van der Waals surface area (Å²) < 4.78 is 5.05. The Morgan fingerprint density at radius 3 is 2.94 bits per heavy atom. The Balaban J connectivity index is 1.93. The van der Waals surface area contributed by atoms with Gasteiger partial charge in [-0.2, -0.15) is 0 Å². The van der Waals surface area contributed by atoms with Gasteiger partial charge in [-0.15, -0.1) is 0 Å². The fraction of sp³-hybridized carbons (Fsp3) is 0.250. The molecular weight excluding hydrogens is 234 g/mol. The van der Waals surface area contributed by atoms with Gasteiger partial charge >= 0.3 is 5.88 Å². The molecule has 0 amide bonds. The molecule has 2 aromatic heterocycles. The van der Waals surface area contributed by atoms with Crippen LogP contribution >= 0.6 is 0 Å². The minimum Gasteiger partial charge on any atom is -0.404 e. The summed E-state index contributed by atoms with van der Waals surface area (Å²) in [6.07, 6.45) is 3.49. The van der Waals surface area contributed by atoms with E-state index in [1.54, 1.807) is 18.5 Å². The minimum atomic E-state index is -0.548. The van der Waals surface area contributed by atoms with E-state index >= 15 is 0 Å². The number of rotatable bonds is 5. The Hall–Kier alpha value is -2.21. The van der Waals surface area contributed by atoms with Gasteiger partial charge in [-0.1, -0.05) is 6.07 Å².